The summed E-state index contributed by atoms with van der Waals surface area (Å²) in [7, 11) is 0. The minimum Gasteiger partial charge on any atom is -0.490 e. The van der Waals surface area contributed by atoms with Gasteiger partial charge < -0.3 is 14.5 Å². The maximum Gasteiger partial charge on any atom is 0.270 e. The second-order valence-electron chi connectivity index (χ2n) is 9.03. The molecular weight excluding hydrogens is 478 g/mol. The van der Waals surface area contributed by atoms with Gasteiger partial charge in [0.2, 0.25) is 0 Å². The van der Waals surface area contributed by atoms with Gasteiger partial charge in [0.15, 0.2) is 0 Å². The van der Waals surface area contributed by atoms with Gasteiger partial charge in [-0.3, -0.25) is 14.9 Å². The second kappa shape index (κ2) is 11.0. The van der Waals surface area contributed by atoms with E-state index in [9.17, 15) is 14.9 Å². The van der Waals surface area contributed by atoms with Crippen LogP contribution < -0.4 is 9.64 Å². The van der Waals surface area contributed by atoms with Gasteiger partial charge in [0.1, 0.15) is 18.5 Å². The van der Waals surface area contributed by atoms with E-state index in [0.29, 0.717) is 36.7 Å². The minimum absolute atomic E-state index is 0.112. The number of rotatable bonds is 9. The van der Waals surface area contributed by atoms with E-state index in [1.807, 2.05) is 84.9 Å². The summed E-state index contributed by atoms with van der Waals surface area (Å²) in [5.41, 5.74) is 3.78. The highest BCUT2D eigenvalue weighted by molar-refractivity contribution is 6.02. The summed E-state index contributed by atoms with van der Waals surface area (Å²) in [4.78, 5) is 29.1. The van der Waals surface area contributed by atoms with Gasteiger partial charge in [-0.2, -0.15) is 0 Å². The fraction of sp³-hybridized carbons (Fsp3) is 0.129. The van der Waals surface area contributed by atoms with Gasteiger partial charge >= 0.3 is 0 Å². The van der Waals surface area contributed by atoms with Crippen molar-refractivity contribution in [2.45, 2.75) is 19.3 Å². The first-order chi connectivity index (χ1) is 18.5. The van der Waals surface area contributed by atoms with E-state index in [2.05, 4.69) is 11.5 Å². The molecule has 7 nitrogen and oxygen atoms in total. The van der Waals surface area contributed by atoms with Crippen molar-refractivity contribution in [3.63, 3.8) is 0 Å². The molecule has 0 radical (unpaired) electrons. The number of benzene rings is 4. The highest BCUT2D eigenvalue weighted by atomic mass is 16.6. The molecule has 5 rings (SSSR count). The van der Waals surface area contributed by atoms with E-state index >= 15 is 0 Å². The van der Waals surface area contributed by atoms with Crippen molar-refractivity contribution >= 4 is 17.3 Å². The van der Waals surface area contributed by atoms with Crippen LogP contribution in [0, 0.1) is 10.1 Å². The molecule has 1 aliphatic rings. The van der Waals surface area contributed by atoms with Gasteiger partial charge in [-0.15, -0.1) is 0 Å². The first-order valence-electron chi connectivity index (χ1n) is 12.3. The van der Waals surface area contributed by atoms with Gasteiger partial charge in [-0.1, -0.05) is 85.5 Å². The van der Waals surface area contributed by atoms with E-state index in [0.717, 1.165) is 16.7 Å². The molecule has 4 aromatic carbocycles. The molecule has 0 saturated carbocycles. The predicted octanol–water partition coefficient (Wildman–Crippen LogP) is 6.52. The Hall–Kier alpha value is -4.91. The van der Waals surface area contributed by atoms with Gasteiger partial charge in [0, 0.05) is 25.2 Å². The molecule has 0 spiro atoms. The summed E-state index contributed by atoms with van der Waals surface area (Å²) < 4.78 is 5.68. The summed E-state index contributed by atoms with van der Waals surface area (Å²) in [6.07, 6.45) is 1.23. The number of nitro groups is 1. The van der Waals surface area contributed by atoms with Crippen LogP contribution in [0.3, 0.4) is 0 Å². The minimum atomic E-state index is -0.468. The standard InChI is InChI=1S/C31H27N3O4/c1-2-19-38-27-16-13-25(14-17-27)30-32(21-23-9-5-3-6-10-23)29-18-15-26(34(36)37)20-28(29)31(35)33(30)22-24-11-7-4-8-12-24/h2-18,20,30H,1,19,21-22H2. The lowest BCUT2D eigenvalue weighted by Crippen LogP contribution is -2.48. The highest BCUT2D eigenvalue weighted by Gasteiger charge is 2.39. The zero-order valence-corrected chi connectivity index (χ0v) is 20.8. The van der Waals surface area contributed by atoms with Crippen molar-refractivity contribution in [1.29, 1.82) is 0 Å². The zero-order chi connectivity index (χ0) is 26.5. The van der Waals surface area contributed by atoms with Gasteiger partial charge in [0.25, 0.3) is 11.6 Å². The lowest BCUT2D eigenvalue weighted by atomic mass is 9.98. The zero-order valence-electron chi connectivity index (χ0n) is 20.8. The largest absolute Gasteiger partial charge is 0.490 e. The van der Waals surface area contributed by atoms with Crippen LogP contribution in [0.4, 0.5) is 11.4 Å². The molecule has 0 saturated heterocycles. The van der Waals surface area contributed by atoms with E-state index in [1.54, 1.807) is 17.0 Å². The smallest absolute Gasteiger partial charge is 0.270 e. The molecule has 4 aromatic rings. The van der Waals surface area contributed by atoms with Crippen molar-refractivity contribution in [3.05, 3.63) is 148 Å². The maximum absolute atomic E-state index is 14.0. The van der Waals surface area contributed by atoms with Crippen LogP contribution in [-0.4, -0.2) is 22.3 Å². The normalized spacial score (nSPS) is 14.6. The number of non-ortho nitro benzene ring substituents is 1. The van der Waals surface area contributed by atoms with Gasteiger partial charge in [0.05, 0.1) is 16.2 Å². The Balaban J connectivity index is 1.65. The average molecular weight is 506 g/mol. The van der Waals surface area contributed by atoms with Crippen molar-refractivity contribution in [3.8, 4) is 5.75 Å². The summed E-state index contributed by atoms with van der Waals surface area (Å²) in [5, 5.41) is 11.6. The molecule has 0 aromatic heterocycles. The number of nitrogens with zero attached hydrogens (tertiary/aromatic N) is 3. The summed E-state index contributed by atoms with van der Waals surface area (Å²) >= 11 is 0. The van der Waals surface area contributed by atoms with Crippen molar-refractivity contribution < 1.29 is 14.5 Å². The molecule has 1 heterocycles. The van der Waals surface area contributed by atoms with E-state index < -0.39 is 11.1 Å². The molecule has 0 N–H and O–H groups in total. The molecule has 1 amide bonds. The SMILES string of the molecule is C=CCOc1ccc(C2N(Cc3ccccc3)C(=O)c3cc([N+](=O)[O-])ccc3N2Cc2ccccc2)cc1. The Morgan fingerprint density at radius 1 is 0.842 bits per heavy atom. The van der Waals surface area contributed by atoms with Gasteiger partial charge in [-0.25, -0.2) is 0 Å². The van der Waals surface area contributed by atoms with Crippen LogP contribution in [-0.2, 0) is 13.1 Å². The summed E-state index contributed by atoms with van der Waals surface area (Å²) in [5.74, 6) is 0.449. The molecule has 1 atom stereocenters. The average Bonchev–Trinajstić information content (AvgIpc) is 2.95. The second-order valence-corrected chi connectivity index (χ2v) is 9.03. The lowest BCUT2D eigenvalue weighted by molar-refractivity contribution is -0.384. The molecule has 38 heavy (non-hydrogen) atoms. The number of fused-ring (bicyclic) bond motifs is 1. The third-order valence-corrected chi connectivity index (χ3v) is 6.52. The Bertz CT molecular complexity index is 1440. The number of ether oxygens (including phenoxy) is 1. The number of carbonyl (C=O) groups is 1. The van der Waals surface area contributed by atoms with E-state index in [4.69, 9.17) is 4.74 Å². The molecule has 0 bridgehead atoms. The summed E-state index contributed by atoms with van der Waals surface area (Å²) in [6, 6.07) is 31.9. The Kier molecular flexibility index (Phi) is 7.17. The van der Waals surface area contributed by atoms with Crippen LogP contribution in [0.25, 0.3) is 0 Å². The number of carbonyl (C=O) groups excluding carboxylic acids is 1. The monoisotopic (exact) mass is 505 g/mol. The Labute approximate surface area is 221 Å². The summed E-state index contributed by atoms with van der Waals surface area (Å²) in [6.45, 7) is 4.93. The van der Waals surface area contributed by atoms with Crippen LogP contribution in [0.15, 0.2) is 116 Å². The molecule has 7 heteroatoms. The topological polar surface area (TPSA) is 75.9 Å². The number of amides is 1. The third-order valence-electron chi connectivity index (χ3n) is 6.52. The Morgan fingerprint density at radius 2 is 1.45 bits per heavy atom. The molecule has 0 fully saturated rings. The van der Waals surface area contributed by atoms with Crippen LogP contribution >= 0.6 is 0 Å². The molecule has 190 valence electrons. The van der Waals surface area contributed by atoms with Gasteiger partial charge in [-0.05, 0) is 34.9 Å². The predicted molar refractivity (Wildman–Crippen MR) is 147 cm³/mol. The lowest BCUT2D eigenvalue weighted by Gasteiger charge is -2.46. The fourth-order valence-electron chi connectivity index (χ4n) is 4.77. The quantitative estimate of drug-likeness (QED) is 0.147. The fourth-order valence-corrected chi connectivity index (χ4v) is 4.77. The van der Waals surface area contributed by atoms with Crippen LogP contribution in [0.5, 0.6) is 5.75 Å². The highest BCUT2D eigenvalue weighted by Crippen LogP contribution is 2.42. The number of nitro benzene ring substituents is 1. The number of hydrogen-bond donors (Lipinski definition) is 0. The van der Waals surface area contributed by atoms with Crippen LogP contribution in [0.1, 0.15) is 33.2 Å². The van der Waals surface area contributed by atoms with E-state index in [1.165, 1.54) is 12.1 Å². The first kappa shape index (κ1) is 24.8. The molecule has 1 unspecified atom stereocenters. The van der Waals surface area contributed by atoms with Crippen molar-refractivity contribution in [1.82, 2.24) is 4.90 Å². The third kappa shape index (κ3) is 5.13. The van der Waals surface area contributed by atoms with E-state index in [-0.39, 0.29) is 11.6 Å². The Morgan fingerprint density at radius 3 is 2.03 bits per heavy atom. The van der Waals surface area contributed by atoms with Crippen LogP contribution in [0.2, 0.25) is 0 Å². The molecule has 1 aliphatic heterocycles. The van der Waals surface area contributed by atoms with Crippen molar-refractivity contribution in [2.75, 3.05) is 11.5 Å². The van der Waals surface area contributed by atoms with Crippen molar-refractivity contribution in [2.24, 2.45) is 0 Å². The first-order valence-corrected chi connectivity index (χ1v) is 12.3. The number of hydrogen-bond acceptors (Lipinski definition) is 5. The maximum atomic E-state index is 14.0. The molecular formula is C31H27N3O4. The number of anilines is 1. The molecule has 0 aliphatic carbocycles.